The quantitative estimate of drug-likeness (QED) is 0.438. The summed E-state index contributed by atoms with van der Waals surface area (Å²) < 4.78 is 0.485. The Labute approximate surface area is 177 Å². The van der Waals surface area contributed by atoms with Crippen LogP contribution in [0.2, 0.25) is 5.02 Å². The smallest absolute Gasteiger partial charge is 0.266 e. The number of fused-ring (bicyclic) bond motifs is 1. The molecule has 0 aliphatic carbocycles. The number of carbonyl (C=O) groups excluding carboxylic acids is 3. The number of nitrogens with zero attached hydrogens (tertiary/aromatic N) is 1. The summed E-state index contributed by atoms with van der Waals surface area (Å²) in [5.41, 5.74) is 1.36. The number of benzene rings is 2. The fraction of sp³-hybridized carbons (Fsp3) is 0.0500. The van der Waals surface area contributed by atoms with Gasteiger partial charge in [0.05, 0.1) is 27.1 Å². The molecule has 0 radical (unpaired) electrons. The summed E-state index contributed by atoms with van der Waals surface area (Å²) in [6.07, 6.45) is 0. The third-order valence-electron chi connectivity index (χ3n) is 4.43. The molecule has 0 saturated heterocycles. The van der Waals surface area contributed by atoms with Crippen LogP contribution < -0.4 is 4.90 Å². The van der Waals surface area contributed by atoms with Gasteiger partial charge in [0.15, 0.2) is 5.78 Å². The van der Waals surface area contributed by atoms with Gasteiger partial charge in [-0.15, -0.1) is 11.3 Å². The molecular weight excluding hydrogens is 466 g/mol. The second kappa shape index (κ2) is 7.25. The molecule has 3 aromatic rings. The number of amides is 2. The molecule has 0 fully saturated rings. The Morgan fingerprint density at radius 1 is 1.04 bits per heavy atom. The monoisotopic (exact) mass is 475 g/mol. The maximum absolute atomic E-state index is 13.2. The van der Waals surface area contributed by atoms with Gasteiger partial charge in [-0.05, 0) is 52.3 Å². The molecule has 8 heteroatoms. The van der Waals surface area contributed by atoms with Crippen molar-refractivity contribution >= 4 is 61.5 Å². The zero-order valence-electron chi connectivity index (χ0n) is 14.1. The van der Waals surface area contributed by atoms with Crippen LogP contribution >= 0.6 is 38.9 Å². The van der Waals surface area contributed by atoms with Crippen molar-refractivity contribution in [3.63, 3.8) is 0 Å². The molecule has 28 heavy (non-hydrogen) atoms. The largest absolute Gasteiger partial charge is 0.392 e. The summed E-state index contributed by atoms with van der Waals surface area (Å²) in [7, 11) is 0. The standard InChI is InChI=1S/C20H11BrClNO4S/c21-17-14(9-24)15(16(25)10-5-7-11(22)8-6-10)20(28-17)23-18(26)12-3-1-2-4-13(12)19(23)27/h1-8,24H,9H2. The molecule has 2 amide bonds. The molecule has 1 aliphatic rings. The van der Waals surface area contributed by atoms with Crippen LogP contribution in [0.5, 0.6) is 0 Å². The van der Waals surface area contributed by atoms with Crippen LogP contribution in [0.15, 0.2) is 52.3 Å². The third-order valence-corrected chi connectivity index (χ3v) is 6.65. The first kappa shape index (κ1) is 19.0. The second-order valence-corrected chi connectivity index (χ2v) is 8.77. The van der Waals surface area contributed by atoms with E-state index in [0.717, 1.165) is 16.2 Å². The summed E-state index contributed by atoms with van der Waals surface area (Å²) in [6.45, 7) is -0.422. The molecule has 1 N–H and O–H groups in total. The van der Waals surface area contributed by atoms with E-state index in [4.69, 9.17) is 11.6 Å². The Bertz CT molecular complexity index is 1100. The van der Waals surface area contributed by atoms with Gasteiger partial charge in [-0.1, -0.05) is 23.7 Å². The third kappa shape index (κ3) is 2.91. The summed E-state index contributed by atoms with van der Waals surface area (Å²) in [5.74, 6) is -1.40. The zero-order chi connectivity index (χ0) is 20.0. The van der Waals surface area contributed by atoms with Crippen LogP contribution in [-0.4, -0.2) is 22.7 Å². The average molecular weight is 477 g/mol. The van der Waals surface area contributed by atoms with E-state index in [1.165, 1.54) is 0 Å². The number of imide groups is 1. The van der Waals surface area contributed by atoms with E-state index in [0.29, 0.717) is 19.9 Å². The van der Waals surface area contributed by atoms with Gasteiger partial charge in [-0.2, -0.15) is 0 Å². The summed E-state index contributed by atoms with van der Waals surface area (Å²) in [5, 5.41) is 10.5. The predicted molar refractivity (Wildman–Crippen MR) is 110 cm³/mol. The van der Waals surface area contributed by atoms with E-state index in [1.807, 2.05) is 0 Å². The van der Waals surface area contributed by atoms with Crippen LogP contribution in [0.3, 0.4) is 0 Å². The zero-order valence-corrected chi connectivity index (χ0v) is 17.3. The van der Waals surface area contributed by atoms with Crippen molar-refractivity contribution in [2.24, 2.45) is 0 Å². The molecular formula is C20H11BrClNO4S. The number of rotatable bonds is 4. The highest BCUT2D eigenvalue weighted by Gasteiger charge is 2.40. The lowest BCUT2D eigenvalue weighted by atomic mass is 10.0. The van der Waals surface area contributed by atoms with Crippen molar-refractivity contribution in [1.82, 2.24) is 0 Å². The van der Waals surface area contributed by atoms with E-state index < -0.39 is 24.2 Å². The van der Waals surface area contributed by atoms with Gasteiger partial charge >= 0.3 is 0 Å². The van der Waals surface area contributed by atoms with Gasteiger partial charge in [0.1, 0.15) is 5.00 Å². The molecule has 4 rings (SSSR count). The van der Waals surface area contributed by atoms with Gasteiger partial charge in [-0.25, -0.2) is 4.90 Å². The van der Waals surface area contributed by atoms with Crippen molar-refractivity contribution in [2.45, 2.75) is 6.61 Å². The van der Waals surface area contributed by atoms with E-state index >= 15 is 0 Å². The molecule has 0 spiro atoms. The summed E-state index contributed by atoms with van der Waals surface area (Å²) >= 11 is 10.3. The van der Waals surface area contributed by atoms with Gasteiger partial charge in [-0.3, -0.25) is 14.4 Å². The van der Waals surface area contributed by atoms with Gasteiger partial charge in [0, 0.05) is 16.1 Å². The minimum atomic E-state index is -0.496. The number of hydrogen-bond acceptors (Lipinski definition) is 5. The van der Waals surface area contributed by atoms with Gasteiger partial charge in [0.2, 0.25) is 0 Å². The van der Waals surface area contributed by atoms with E-state index in [9.17, 15) is 19.5 Å². The fourth-order valence-corrected chi connectivity index (χ4v) is 5.02. The van der Waals surface area contributed by atoms with Crippen molar-refractivity contribution in [3.05, 3.63) is 85.2 Å². The Balaban J connectivity index is 1.88. The number of thiophene rings is 1. The van der Waals surface area contributed by atoms with Crippen LogP contribution in [0.25, 0.3) is 0 Å². The molecule has 140 valence electrons. The minimum absolute atomic E-state index is 0.121. The Kier molecular flexibility index (Phi) is 4.93. The van der Waals surface area contributed by atoms with Crippen LogP contribution in [0, 0.1) is 0 Å². The van der Waals surface area contributed by atoms with Crippen molar-refractivity contribution < 1.29 is 19.5 Å². The average Bonchev–Trinajstić information content (AvgIpc) is 3.15. The molecule has 0 atom stereocenters. The van der Waals surface area contributed by atoms with Crippen LogP contribution in [-0.2, 0) is 6.61 Å². The normalized spacial score (nSPS) is 13.2. The van der Waals surface area contributed by atoms with Crippen molar-refractivity contribution in [1.29, 1.82) is 0 Å². The maximum atomic E-state index is 13.2. The van der Waals surface area contributed by atoms with E-state index in [2.05, 4.69) is 15.9 Å². The Morgan fingerprint density at radius 3 is 2.14 bits per heavy atom. The molecule has 0 saturated carbocycles. The number of hydrogen-bond donors (Lipinski definition) is 1. The van der Waals surface area contributed by atoms with Gasteiger partial charge in [0.25, 0.3) is 11.8 Å². The highest BCUT2D eigenvalue weighted by atomic mass is 79.9. The van der Waals surface area contributed by atoms with Crippen molar-refractivity contribution in [2.75, 3.05) is 4.90 Å². The van der Waals surface area contributed by atoms with Crippen LogP contribution in [0.1, 0.15) is 42.2 Å². The van der Waals surface area contributed by atoms with E-state index in [1.54, 1.807) is 48.5 Å². The van der Waals surface area contributed by atoms with Crippen molar-refractivity contribution in [3.8, 4) is 0 Å². The first-order chi connectivity index (χ1) is 13.4. The number of aliphatic hydroxyl groups excluding tert-OH is 1. The number of carbonyl (C=O) groups is 3. The summed E-state index contributed by atoms with van der Waals surface area (Å²) in [6, 6.07) is 12.8. The molecule has 5 nitrogen and oxygen atoms in total. The lowest BCUT2D eigenvalue weighted by molar-refractivity contribution is 0.0927. The minimum Gasteiger partial charge on any atom is -0.392 e. The lowest BCUT2D eigenvalue weighted by Gasteiger charge is -2.14. The number of anilines is 1. The molecule has 2 aromatic carbocycles. The maximum Gasteiger partial charge on any atom is 0.266 e. The highest BCUT2D eigenvalue weighted by molar-refractivity contribution is 9.11. The Morgan fingerprint density at radius 2 is 1.61 bits per heavy atom. The Hall–Kier alpha value is -2.32. The molecule has 1 aromatic heterocycles. The first-order valence-electron chi connectivity index (χ1n) is 8.14. The number of halogens is 2. The van der Waals surface area contributed by atoms with Gasteiger partial charge < -0.3 is 5.11 Å². The number of ketones is 1. The molecule has 1 aliphatic heterocycles. The second-order valence-electron chi connectivity index (χ2n) is 6.02. The fourth-order valence-electron chi connectivity index (χ4n) is 3.08. The summed E-state index contributed by atoms with van der Waals surface area (Å²) in [4.78, 5) is 40.0. The number of aliphatic hydroxyl groups is 1. The predicted octanol–water partition coefficient (Wildman–Crippen LogP) is 4.69. The molecule has 0 bridgehead atoms. The van der Waals surface area contributed by atoms with Crippen LogP contribution in [0.4, 0.5) is 5.00 Å². The first-order valence-corrected chi connectivity index (χ1v) is 10.1. The SMILES string of the molecule is O=C(c1ccc(Cl)cc1)c1c(N2C(=O)c3ccccc3C2=O)sc(Br)c1CO. The lowest BCUT2D eigenvalue weighted by Crippen LogP contribution is -2.30. The highest BCUT2D eigenvalue weighted by Crippen LogP contribution is 2.43. The molecule has 2 heterocycles. The molecule has 0 unspecified atom stereocenters. The topological polar surface area (TPSA) is 74.7 Å². The van der Waals surface area contributed by atoms with E-state index in [-0.39, 0.29) is 21.7 Å².